The largest absolute Gasteiger partial charge is 0.495 e. The van der Waals surface area contributed by atoms with Crippen molar-refractivity contribution in [2.75, 3.05) is 11.8 Å². The molecule has 1 aliphatic carbocycles. The Labute approximate surface area is 215 Å². The van der Waals surface area contributed by atoms with Crippen LogP contribution in [-0.4, -0.2) is 29.1 Å². The Kier molecular flexibility index (Phi) is 6.85. The van der Waals surface area contributed by atoms with Crippen molar-refractivity contribution in [1.82, 2.24) is 4.98 Å². The summed E-state index contributed by atoms with van der Waals surface area (Å²) >= 11 is 2.85. The number of ether oxygens (including phenoxy) is 1. The monoisotopic (exact) mass is 526 g/mol. The van der Waals surface area contributed by atoms with Gasteiger partial charge in [-0.1, -0.05) is 30.3 Å². The van der Waals surface area contributed by atoms with Gasteiger partial charge in [-0.3, -0.25) is 0 Å². The Balaban J connectivity index is 1.31. The van der Waals surface area contributed by atoms with Gasteiger partial charge in [-0.2, -0.15) is 0 Å². The Hall–Kier alpha value is -3.17. The lowest BCUT2D eigenvalue weighted by atomic mass is 9.82. The predicted molar refractivity (Wildman–Crippen MR) is 141 cm³/mol. The smallest absolute Gasteiger partial charge is 0.335 e. The molecule has 1 fully saturated rings. The average molecular weight is 527 g/mol. The second kappa shape index (κ2) is 10.1. The summed E-state index contributed by atoms with van der Waals surface area (Å²) in [6.07, 6.45) is 0.946. The van der Waals surface area contributed by atoms with Crippen molar-refractivity contribution in [2.45, 2.75) is 42.5 Å². The second-order valence-electron chi connectivity index (χ2n) is 8.87. The summed E-state index contributed by atoms with van der Waals surface area (Å²) in [7, 11) is 1.49. The Bertz CT molecular complexity index is 1410. The molecule has 4 aromatic rings. The third kappa shape index (κ3) is 5.32. The van der Waals surface area contributed by atoms with Gasteiger partial charge in [-0.15, -0.1) is 11.3 Å². The highest BCUT2D eigenvalue weighted by Crippen LogP contribution is 2.42. The molecule has 1 heterocycles. The molecule has 9 heteroatoms. The van der Waals surface area contributed by atoms with E-state index in [0.717, 1.165) is 31.9 Å². The van der Waals surface area contributed by atoms with E-state index in [0.29, 0.717) is 24.3 Å². The topological polar surface area (TPSA) is 71.5 Å². The number of alkyl halides is 2. The Morgan fingerprint density at radius 2 is 1.89 bits per heavy atom. The number of aromatic carboxylic acids is 1. The summed E-state index contributed by atoms with van der Waals surface area (Å²) in [6.45, 7) is 0. The number of anilines is 1. The zero-order valence-corrected chi connectivity index (χ0v) is 21.1. The van der Waals surface area contributed by atoms with E-state index in [4.69, 9.17) is 14.8 Å². The van der Waals surface area contributed by atoms with Crippen LogP contribution in [-0.2, 0) is 0 Å². The predicted octanol–water partition coefficient (Wildman–Crippen LogP) is 8.08. The summed E-state index contributed by atoms with van der Waals surface area (Å²) in [5.41, 5.74) is 2.92. The van der Waals surface area contributed by atoms with Gasteiger partial charge in [0.25, 0.3) is 0 Å². The number of carboxylic acid groups (broad SMARTS) is 1. The van der Waals surface area contributed by atoms with Crippen molar-refractivity contribution in [3.8, 4) is 16.3 Å². The van der Waals surface area contributed by atoms with E-state index in [1.807, 2.05) is 11.4 Å². The van der Waals surface area contributed by atoms with Crippen LogP contribution in [0.4, 0.5) is 14.5 Å². The highest BCUT2D eigenvalue weighted by atomic mass is 32.2. The molecule has 3 aromatic carbocycles. The van der Waals surface area contributed by atoms with Gasteiger partial charge in [0.05, 0.1) is 18.4 Å². The maximum atomic E-state index is 13.6. The standard InChI is InChI=1S/C27H24F2N2O3S2/c1-34-23-14-20(26(32)33)6-7-22(23)31-36-24-15-35-25(30-24)19-5-3-16-2-4-18(12-21(16)13-19)17-8-10-27(28,29)11-9-17/h2-7,12-15,17,31H,8-11H2,1H3,(H,32,33). The molecular formula is C27H24F2N2O3S2. The molecule has 0 saturated heterocycles. The minimum absolute atomic E-state index is 0.0427. The van der Waals surface area contributed by atoms with Crippen LogP contribution in [0.3, 0.4) is 0 Å². The van der Waals surface area contributed by atoms with Crippen LogP contribution in [0.5, 0.6) is 5.75 Å². The SMILES string of the molecule is COc1cc(C(=O)O)ccc1NSc1csc(-c2ccc3ccc(C4CCC(F)(F)CC4)cc3c2)n1. The van der Waals surface area contributed by atoms with E-state index in [1.54, 1.807) is 6.07 Å². The highest BCUT2D eigenvalue weighted by molar-refractivity contribution is 8.00. The van der Waals surface area contributed by atoms with E-state index < -0.39 is 11.9 Å². The van der Waals surface area contributed by atoms with Crippen LogP contribution in [0.25, 0.3) is 21.3 Å². The molecule has 0 unspecified atom stereocenters. The van der Waals surface area contributed by atoms with Crippen LogP contribution < -0.4 is 9.46 Å². The number of aromatic nitrogens is 1. The van der Waals surface area contributed by atoms with Gasteiger partial charge in [0.1, 0.15) is 15.8 Å². The van der Waals surface area contributed by atoms with Crippen molar-refractivity contribution in [1.29, 1.82) is 0 Å². The number of nitrogens with zero attached hydrogens (tertiary/aromatic N) is 1. The third-order valence-electron chi connectivity index (χ3n) is 6.50. The lowest BCUT2D eigenvalue weighted by Crippen LogP contribution is -2.23. The molecule has 186 valence electrons. The van der Waals surface area contributed by atoms with Gasteiger partial charge in [0.15, 0.2) is 0 Å². The second-order valence-corrected chi connectivity index (χ2v) is 10.6. The fourth-order valence-electron chi connectivity index (χ4n) is 4.48. The van der Waals surface area contributed by atoms with E-state index in [2.05, 4.69) is 35.1 Å². The van der Waals surface area contributed by atoms with E-state index in [1.165, 1.54) is 42.5 Å². The van der Waals surface area contributed by atoms with Crippen LogP contribution in [0.2, 0.25) is 0 Å². The molecule has 2 N–H and O–H groups in total. The molecule has 1 aliphatic rings. The first-order valence-electron chi connectivity index (χ1n) is 11.5. The number of fused-ring (bicyclic) bond motifs is 1. The summed E-state index contributed by atoms with van der Waals surface area (Å²) < 4.78 is 35.7. The molecule has 5 nitrogen and oxygen atoms in total. The number of halogens is 2. The van der Waals surface area contributed by atoms with Gasteiger partial charge in [0, 0.05) is 35.7 Å². The number of benzene rings is 3. The maximum absolute atomic E-state index is 13.6. The van der Waals surface area contributed by atoms with Gasteiger partial charge in [0.2, 0.25) is 5.92 Å². The Morgan fingerprint density at radius 1 is 1.11 bits per heavy atom. The van der Waals surface area contributed by atoms with Crippen LogP contribution in [0.15, 0.2) is 65.0 Å². The average Bonchev–Trinajstić information content (AvgIpc) is 3.35. The van der Waals surface area contributed by atoms with Crippen molar-refractivity contribution in [3.05, 3.63) is 71.1 Å². The Morgan fingerprint density at radius 3 is 2.64 bits per heavy atom. The van der Waals surface area contributed by atoms with Crippen molar-refractivity contribution >= 4 is 45.7 Å². The normalized spacial score (nSPS) is 15.6. The number of hydrogen-bond acceptors (Lipinski definition) is 6. The molecule has 0 radical (unpaired) electrons. The summed E-state index contributed by atoms with van der Waals surface area (Å²) in [5, 5.41) is 14.9. The molecule has 0 spiro atoms. The lowest BCUT2D eigenvalue weighted by Gasteiger charge is -2.28. The molecule has 1 saturated carbocycles. The summed E-state index contributed by atoms with van der Waals surface area (Å²) in [4.78, 5) is 15.9. The van der Waals surface area contributed by atoms with Crippen LogP contribution >= 0.6 is 23.3 Å². The summed E-state index contributed by atoms with van der Waals surface area (Å²) in [6, 6.07) is 17.1. The fraction of sp³-hybridized carbons (Fsp3) is 0.259. The van der Waals surface area contributed by atoms with Gasteiger partial charge in [-0.25, -0.2) is 18.6 Å². The van der Waals surface area contributed by atoms with Crippen molar-refractivity contribution < 1.29 is 23.4 Å². The van der Waals surface area contributed by atoms with Gasteiger partial charge < -0.3 is 14.6 Å². The number of carboxylic acids is 1. The highest BCUT2D eigenvalue weighted by Gasteiger charge is 2.35. The molecule has 5 rings (SSSR count). The fourth-order valence-corrected chi connectivity index (χ4v) is 6.07. The zero-order valence-electron chi connectivity index (χ0n) is 19.5. The molecule has 1 aromatic heterocycles. The number of rotatable bonds is 7. The number of carbonyl (C=O) groups is 1. The van der Waals surface area contributed by atoms with E-state index in [9.17, 15) is 13.6 Å². The molecule has 0 atom stereocenters. The maximum Gasteiger partial charge on any atom is 0.335 e. The van der Waals surface area contributed by atoms with Gasteiger partial charge in [-0.05, 0) is 59.4 Å². The number of hydrogen-bond donors (Lipinski definition) is 2. The first-order chi connectivity index (χ1) is 17.3. The summed E-state index contributed by atoms with van der Waals surface area (Å²) in [5.74, 6) is -2.93. The van der Waals surface area contributed by atoms with Crippen LogP contribution in [0.1, 0.15) is 47.5 Å². The van der Waals surface area contributed by atoms with Crippen molar-refractivity contribution in [3.63, 3.8) is 0 Å². The quantitative estimate of drug-likeness (QED) is 0.237. The number of nitrogens with one attached hydrogen (secondary N) is 1. The first kappa shape index (κ1) is 24.5. The molecule has 0 aliphatic heterocycles. The van der Waals surface area contributed by atoms with E-state index in [-0.39, 0.29) is 24.3 Å². The first-order valence-corrected chi connectivity index (χ1v) is 13.2. The number of thiazole rings is 1. The van der Waals surface area contributed by atoms with Gasteiger partial charge >= 0.3 is 5.97 Å². The third-order valence-corrected chi connectivity index (χ3v) is 8.28. The molecule has 0 amide bonds. The van der Waals surface area contributed by atoms with E-state index >= 15 is 0 Å². The number of methoxy groups -OCH3 is 1. The molecule has 36 heavy (non-hydrogen) atoms. The van der Waals surface area contributed by atoms with Crippen molar-refractivity contribution in [2.24, 2.45) is 0 Å². The zero-order chi connectivity index (χ0) is 25.3. The van der Waals surface area contributed by atoms with Crippen LogP contribution in [0, 0.1) is 0 Å². The molecular weight excluding hydrogens is 502 g/mol. The minimum Gasteiger partial charge on any atom is -0.495 e. The lowest BCUT2D eigenvalue weighted by molar-refractivity contribution is -0.0382. The minimum atomic E-state index is -2.52. The molecule has 0 bridgehead atoms.